The van der Waals surface area contributed by atoms with Gasteiger partial charge in [0, 0.05) is 31.8 Å². The smallest absolute Gasteiger partial charge is 0.427 e. The fraction of sp³-hybridized carbons (Fsp3) is 0.634. The number of carbonyl (C=O) groups is 4. The fourth-order valence-corrected chi connectivity index (χ4v) is 9.15. The second-order valence-electron chi connectivity index (χ2n) is 17.7. The number of fused-ring (bicyclic) bond motifs is 3. The van der Waals surface area contributed by atoms with Gasteiger partial charge in [0.1, 0.15) is 35.3 Å². The highest BCUT2D eigenvalue weighted by Crippen LogP contribution is 2.48. The van der Waals surface area contributed by atoms with Gasteiger partial charge in [-0.15, -0.1) is 0 Å². The molecule has 0 spiro atoms. The fourth-order valence-electron chi connectivity index (χ4n) is 7.84. The number of amides is 4. The first-order valence-corrected chi connectivity index (χ1v) is 21.6. The van der Waals surface area contributed by atoms with E-state index in [-0.39, 0.29) is 31.2 Å². The molecule has 4 amide bonds. The van der Waals surface area contributed by atoms with E-state index in [0.29, 0.717) is 62.9 Å². The van der Waals surface area contributed by atoms with Crippen molar-refractivity contribution in [2.75, 3.05) is 32.6 Å². The lowest BCUT2D eigenvalue weighted by atomic mass is 9.88. The lowest BCUT2D eigenvalue weighted by Crippen LogP contribution is -2.59. The van der Waals surface area contributed by atoms with Crippen LogP contribution in [0.25, 0.3) is 10.8 Å². The van der Waals surface area contributed by atoms with E-state index in [0.717, 1.165) is 5.39 Å². The van der Waals surface area contributed by atoms with Crippen LogP contribution in [0.4, 0.5) is 23.8 Å². The zero-order valence-electron chi connectivity index (χ0n) is 35.1. The summed E-state index contributed by atoms with van der Waals surface area (Å²) >= 11 is 0. The Morgan fingerprint density at radius 2 is 1.78 bits per heavy atom. The molecule has 1 aromatic carbocycles. The molecule has 2 aromatic rings. The summed E-state index contributed by atoms with van der Waals surface area (Å²) in [4.78, 5) is 64.3. The predicted octanol–water partition coefficient (Wildman–Crippen LogP) is 4.98. The maximum Gasteiger partial charge on any atom is 0.427 e. The minimum Gasteiger partial charge on any atom is -0.497 e. The molecule has 6 rings (SSSR count). The number of hydrogen-bond acceptors (Lipinski definition) is 11. The standard InChI is InChI=1S/C41H55F3N6O9S/c1-23-11-9-10-12-26-21-40(26,36(53)48-60(55,56)39(5)15-16-39)47-33(51)30-20-28(58-34-29-14-13-27(57-8)18-25(29)19-31(45-34)49(6)7)22-50(30)35(52)32(24(2)17-23)46-37(54)59-38(3,4)41(42,43)44/h10,12-14,18-19,23-24,26,28,30,32H,9,11,15-17,20-22H2,1-8H3,(H,46,54)(H,47,51)(H,48,53)/b12-10-/t23?,24-,26-,28-,30+,32+,40-/m1/s1. The van der Waals surface area contributed by atoms with Crippen LogP contribution in [0, 0.1) is 17.8 Å². The van der Waals surface area contributed by atoms with E-state index in [4.69, 9.17) is 19.2 Å². The van der Waals surface area contributed by atoms with Gasteiger partial charge in [0.15, 0.2) is 0 Å². The van der Waals surface area contributed by atoms with Crippen LogP contribution in [0.1, 0.15) is 79.6 Å². The summed E-state index contributed by atoms with van der Waals surface area (Å²) in [5.74, 6) is -2.39. The summed E-state index contributed by atoms with van der Waals surface area (Å²) in [7, 11) is 1.05. The van der Waals surface area contributed by atoms with Gasteiger partial charge in [-0.05, 0) is 101 Å². The summed E-state index contributed by atoms with van der Waals surface area (Å²) in [6.45, 7) is 6.33. The third kappa shape index (κ3) is 9.10. The number of nitrogens with zero attached hydrogens (tertiary/aromatic N) is 3. The first-order chi connectivity index (χ1) is 27.9. The lowest BCUT2D eigenvalue weighted by molar-refractivity contribution is -0.244. The molecule has 1 saturated heterocycles. The maximum absolute atomic E-state index is 14.9. The highest BCUT2D eigenvalue weighted by Gasteiger charge is 2.63. The molecule has 15 nitrogen and oxygen atoms in total. The van der Waals surface area contributed by atoms with Gasteiger partial charge in [0.05, 0.1) is 18.4 Å². The molecule has 330 valence electrons. The zero-order valence-corrected chi connectivity index (χ0v) is 36.0. The number of methoxy groups -OCH3 is 1. The van der Waals surface area contributed by atoms with Crippen molar-refractivity contribution < 1.29 is 55.0 Å². The van der Waals surface area contributed by atoms with Crippen LogP contribution in [0.15, 0.2) is 36.4 Å². The average Bonchev–Trinajstić information content (AvgIpc) is 4.04. The number of carbonyl (C=O) groups excluding carboxylic acids is 4. The van der Waals surface area contributed by atoms with Crippen LogP contribution in [-0.2, 0) is 29.1 Å². The van der Waals surface area contributed by atoms with Crippen molar-refractivity contribution in [3.05, 3.63) is 36.4 Å². The molecule has 3 fully saturated rings. The SMILES string of the molecule is COc1ccc2c(O[C@@H]3C[C@H]4C(=O)N[C@]5(C(=O)NS(=O)(=O)C6(C)CC6)C[C@H]5/C=C\CCC(C)C[C@@H](C)[C@H](NC(=O)OC(C)(C)C(F)(F)F)C(=O)N4C3)nc(N(C)C)cc2c1. The highest BCUT2D eigenvalue weighted by molar-refractivity contribution is 7.91. The Kier molecular flexibility index (Phi) is 12.1. The molecule has 1 aromatic heterocycles. The van der Waals surface area contributed by atoms with Crippen LogP contribution in [0.2, 0.25) is 0 Å². The van der Waals surface area contributed by atoms with E-state index < -0.39 is 85.9 Å². The Balaban J connectivity index is 1.38. The number of rotatable bonds is 9. The molecular weight excluding hydrogens is 810 g/mol. The number of ether oxygens (including phenoxy) is 3. The molecular formula is C41H55F3N6O9S. The minimum atomic E-state index is -4.92. The summed E-state index contributed by atoms with van der Waals surface area (Å²) in [6, 6.07) is 4.36. The van der Waals surface area contributed by atoms with Crippen molar-refractivity contribution in [3.8, 4) is 11.6 Å². The number of benzene rings is 1. The van der Waals surface area contributed by atoms with Crippen molar-refractivity contribution in [2.45, 2.75) is 120 Å². The van der Waals surface area contributed by atoms with E-state index in [2.05, 4.69) is 15.4 Å². The number of pyridine rings is 1. The van der Waals surface area contributed by atoms with E-state index >= 15 is 0 Å². The minimum absolute atomic E-state index is 0.0432. The molecule has 1 unspecified atom stereocenters. The van der Waals surface area contributed by atoms with Gasteiger partial charge in [-0.25, -0.2) is 13.2 Å². The van der Waals surface area contributed by atoms with Crippen molar-refractivity contribution in [3.63, 3.8) is 0 Å². The molecule has 0 radical (unpaired) electrons. The number of aromatic nitrogens is 1. The zero-order chi connectivity index (χ0) is 44.2. The number of sulfonamides is 1. The number of anilines is 1. The van der Waals surface area contributed by atoms with Gasteiger partial charge in [-0.3, -0.25) is 19.1 Å². The maximum atomic E-state index is 14.9. The molecule has 0 bridgehead atoms. The van der Waals surface area contributed by atoms with Gasteiger partial charge in [0.2, 0.25) is 33.3 Å². The first-order valence-electron chi connectivity index (χ1n) is 20.2. The Hall–Kier alpha value is -4.81. The van der Waals surface area contributed by atoms with Crippen molar-refractivity contribution in [1.29, 1.82) is 0 Å². The molecule has 2 saturated carbocycles. The average molecular weight is 865 g/mol. The lowest BCUT2D eigenvalue weighted by Gasteiger charge is -2.34. The van der Waals surface area contributed by atoms with E-state index in [1.54, 1.807) is 50.2 Å². The van der Waals surface area contributed by atoms with E-state index in [9.17, 15) is 40.8 Å². The molecule has 2 aliphatic carbocycles. The van der Waals surface area contributed by atoms with Crippen molar-refractivity contribution in [1.82, 2.24) is 25.2 Å². The third-order valence-corrected chi connectivity index (χ3v) is 14.4. The quantitative estimate of drug-likeness (QED) is 0.289. The molecule has 4 aliphatic rings. The molecule has 60 heavy (non-hydrogen) atoms. The number of hydrogen-bond donors (Lipinski definition) is 3. The number of allylic oxidation sites excluding steroid dienone is 1. The normalized spacial score (nSPS) is 28.8. The summed E-state index contributed by atoms with van der Waals surface area (Å²) < 4.78 is 85.7. The molecule has 7 atom stereocenters. The molecule has 3 N–H and O–H groups in total. The largest absolute Gasteiger partial charge is 0.497 e. The molecule has 19 heteroatoms. The number of alkyl carbamates (subject to hydrolysis) is 1. The van der Waals surface area contributed by atoms with Gasteiger partial charge in [0.25, 0.3) is 5.91 Å². The van der Waals surface area contributed by atoms with Gasteiger partial charge in [-0.2, -0.15) is 18.2 Å². The van der Waals surface area contributed by atoms with Gasteiger partial charge in [-0.1, -0.05) is 26.0 Å². The van der Waals surface area contributed by atoms with E-state index in [1.165, 1.54) is 18.9 Å². The highest BCUT2D eigenvalue weighted by atomic mass is 32.2. The summed E-state index contributed by atoms with van der Waals surface area (Å²) in [5.41, 5.74) is -4.54. The second-order valence-corrected chi connectivity index (χ2v) is 19.9. The second kappa shape index (κ2) is 16.2. The first kappa shape index (κ1) is 44.7. The topological polar surface area (TPSA) is 186 Å². The predicted molar refractivity (Wildman–Crippen MR) is 216 cm³/mol. The third-order valence-electron chi connectivity index (χ3n) is 12.3. The molecule has 2 aliphatic heterocycles. The Labute approximate surface area is 348 Å². The van der Waals surface area contributed by atoms with Crippen LogP contribution >= 0.6 is 0 Å². The van der Waals surface area contributed by atoms with Gasteiger partial charge >= 0.3 is 12.3 Å². The van der Waals surface area contributed by atoms with Crippen LogP contribution in [-0.4, -0.2) is 110 Å². The number of alkyl halides is 3. The Bertz CT molecular complexity index is 2160. The molecule has 3 heterocycles. The summed E-state index contributed by atoms with van der Waals surface area (Å²) in [6.07, 6.45) is -1.39. The van der Waals surface area contributed by atoms with E-state index in [1.807, 2.05) is 19.1 Å². The number of halogens is 3. The van der Waals surface area contributed by atoms with Crippen molar-refractivity contribution in [2.24, 2.45) is 17.8 Å². The summed E-state index contributed by atoms with van der Waals surface area (Å²) in [5, 5.41) is 6.54. The monoisotopic (exact) mass is 864 g/mol. The van der Waals surface area contributed by atoms with Crippen LogP contribution < -0.4 is 29.7 Å². The van der Waals surface area contributed by atoms with Gasteiger partial charge < -0.3 is 34.6 Å². The van der Waals surface area contributed by atoms with Crippen LogP contribution in [0.3, 0.4) is 0 Å². The number of nitrogens with one attached hydrogen (secondary N) is 3. The van der Waals surface area contributed by atoms with Crippen molar-refractivity contribution >= 4 is 50.4 Å². The van der Waals surface area contributed by atoms with Crippen LogP contribution in [0.5, 0.6) is 11.6 Å². The Morgan fingerprint density at radius 1 is 1.08 bits per heavy atom. The Morgan fingerprint density at radius 3 is 2.42 bits per heavy atom.